The van der Waals surface area contributed by atoms with Crippen LogP contribution in [0.15, 0.2) is 48.5 Å². The fourth-order valence-corrected chi connectivity index (χ4v) is 3.56. The maximum atomic E-state index is 5.30. The first-order valence-electron chi connectivity index (χ1n) is 10.1. The largest absolute Gasteiger partial charge is 0.382 e. The van der Waals surface area contributed by atoms with Crippen LogP contribution in [0.25, 0.3) is 0 Å². The number of rotatable bonds is 10. The first-order chi connectivity index (χ1) is 13.1. The predicted octanol–water partition coefficient (Wildman–Crippen LogP) is 4.46. The molecular weight excluding hydrogens is 336 g/mol. The van der Waals surface area contributed by atoms with E-state index in [1.54, 1.807) is 0 Å². The third-order valence-electron chi connectivity index (χ3n) is 5.18. The van der Waals surface area contributed by atoms with Crippen molar-refractivity contribution in [2.24, 2.45) is 0 Å². The molecule has 4 unspecified atom stereocenters. The van der Waals surface area contributed by atoms with Crippen LogP contribution in [0.2, 0.25) is 0 Å². The minimum atomic E-state index is 0.442. The van der Waals surface area contributed by atoms with Crippen LogP contribution in [-0.2, 0) is 15.9 Å². The van der Waals surface area contributed by atoms with Gasteiger partial charge in [-0.2, -0.15) is 0 Å². The van der Waals surface area contributed by atoms with Gasteiger partial charge < -0.3 is 20.1 Å². The Morgan fingerprint density at radius 2 is 1.11 bits per heavy atom. The summed E-state index contributed by atoms with van der Waals surface area (Å²) in [5.74, 6) is 0. The van der Waals surface area contributed by atoms with Crippen molar-refractivity contribution in [1.82, 2.24) is 0 Å². The van der Waals surface area contributed by atoms with E-state index in [0.29, 0.717) is 24.3 Å². The molecule has 2 fully saturated rings. The molecule has 4 rings (SSSR count). The van der Waals surface area contributed by atoms with Crippen molar-refractivity contribution >= 4 is 11.4 Å². The minimum Gasteiger partial charge on any atom is -0.382 e. The van der Waals surface area contributed by atoms with Crippen molar-refractivity contribution in [2.75, 3.05) is 23.8 Å². The number of epoxide rings is 2. The van der Waals surface area contributed by atoms with Crippen LogP contribution in [0.3, 0.4) is 0 Å². The highest BCUT2D eigenvalue weighted by molar-refractivity contribution is 5.48. The molecule has 0 aromatic heterocycles. The summed E-state index contributed by atoms with van der Waals surface area (Å²) >= 11 is 0. The molecule has 0 saturated carbocycles. The van der Waals surface area contributed by atoms with E-state index in [1.807, 2.05) is 0 Å². The Kier molecular flexibility index (Phi) is 5.65. The fourth-order valence-electron chi connectivity index (χ4n) is 3.56. The number of anilines is 2. The van der Waals surface area contributed by atoms with Crippen molar-refractivity contribution in [2.45, 2.75) is 57.4 Å². The topological polar surface area (TPSA) is 49.1 Å². The summed E-state index contributed by atoms with van der Waals surface area (Å²) in [6.07, 6.45) is 4.05. The smallest absolute Gasteiger partial charge is 0.0829 e. The standard InChI is InChI=1S/C23H30N2O2/c1-16(11-22-14-26-22)24-20-7-3-18(4-8-20)13-19-5-9-21(10-6-19)25-17(2)12-23-15-27-23/h3-10,16-17,22-25H,11-15H2,1-2H3. The highest BCUT2D eigenvalue weighted by Gasteiger charge is 2.25. The van der Waals surface area contributed by atoms with Gasteiger partial charge in [0.15, 0.2) is 0 Å². The SMILES string of the molecule is CC(CC1CO1)Nc1ccc(Cc2ccc(NC(C)CC3CO3)cc2)cc1. The third-order valence-corrected chi connectivity index (χ3v) is 5.18. The van der Waals surface area contributed by atoms with E-state index in [0.717, 1.165) is 32.5 Å². The summed E-state index contributed by atoms with van der Waals surface area (Å²) in [5.41, 5.74) is 5.03. The molecule has 2 aromatic rings. The average Bonchev–Trinajstić information content (AvgIpc) is 3.56. The van der Waals surface area contributed by atoms with Crippen LogP contribution in [-0.4, -0.2) is 37.5 Å². The van der Waals surface area contributed by atoms with Crippen LogP contribution in [0.5, 0.6) is 0 Å². The molecule has 2 aliphatic rings. The van der Waals surface area contributed by atoms with E-state index < -0.39 is 0 Å². The highest BCUT2D eigenvalue weighted by Crippen LogP contribution is 2.21. The first kappa shape index (κ1) is 18.3. The third kappa shape index (κ3) is 5.98. The molecule has 0 radical (unpaired) electrons. The van der Waals surface area contributed by atoms with Crippen molar-refractivity contribution in [3.05, 3.63) is 59.7 Å². The molecule has 4 atom stereocenters. The zero-order valence-corrected chi connectivity index (χ0v) is 16.3. The Bertz CT molecular complexity index is 658. The van der Waals surface area contributed by atoms with Crippen molar-refractivity contribution in [3.8, 4) is 0 Å². The lowest BCUT2D eigenvalue weighted by Gasteiger charge is -2.15. The second-order valence-corrected chi connectivity index (χ2v) is 8.04. The van der Waals surface area contributed by atoms with E-state index in [2.05, 4.69) is 73.0 Å². The van der Waals surface area contributed by atoms with Gasteiger partial charge >= 0.3 is 0 Å². The minimum absolute atomic E-state index is 0.442. The lowest BCUT2D eigenvalue weighted by molar-refractivity contribution is 0.388. The molecule has 2 saturated heterocycles. The molecule has 0 spiro atoms. The van der Waals surface area contributed by atoms with Gasteiger partial charge in [0.05, 0.1) is 25.4 Å². The van der Waals surface area contributed by atoms with E-state index in [9.17, 15) is 0 Å². The molecule has 4 heteroatoms. The number of benzene rings is 2. The van der Waals surface area contributed by atoms with Crippen LogP contribution >= 0.6 is 0 Å². The Labute approximate surface area is 162 Å². The van der Waals surface area contributed by atoms with E-state index in [1.165, 1.54) is 22.5 Å². The van der Waals surface area contributed by atoms with Gasteiger partial charge in [-0.3, -0.25) is 0 Å². The van der Waals surface area contributed by atoms with Gasteiger partial charge in [-0.1, -0.05) is 24.3 Å². The predicted molar refractivity (Wildman–Crippen MR) is 111 cm³/mol. The first-order valence-corrected chi connectivity index (χ1v) is 10.1. The molecule has 0 aliphatic carbocycles. The molecule has 2 heterocycles. The number of hydrogen-bond acceptors (Lipinski definition) is 4. The lowest BCUT2D eigenvalue weighted by atomic mass is 10.0. The van der Waals surface area contributed by atoms with Gasteiger partial charge in [0.25, 0.3) is 0 Å². The lowest BCUT2D eigenvalue weighted by Crippen LogP contribution is -2.17. The number of ether oxygens (including phenoxy) is 2. The molecule has 0 amide bonds. The van der Waals surface area contributed by atoms with Gasteiger partial charge in [0.1, 0.15) is 0 Å². The highest BCUT2D eigenvalue weighted by atomic mass is 16.6. The van der Waals surface area contributed by atoms with Crippen LogP contribution in [0.4, 0.5) is 11.4 Å². The Morgan fingerprint density at radius 1 is 0.741 bits per heavy atom. The molecule has 2 aliphatic heterocycles. The van der Waals surface area contributed by atoms with E-state index >= 15 is 0 Å². The number of hydrogen-bond donors (Lipinski definition) is 2. The summed E-state index contributed by atoms with van der Waals surface area (Å²) < 4.78 is 10.6. The molecule has 0 bridgehead atoms. The molecule has 2 N–H and O–H groups in total. The molecule has 4 nitrogen and oxygen atoms in total. The maximum absolute atomic E-state index is 5.30. The summed E-state index contributed by atoms with van der Waals surface area (Å²) in [6, 6.07) is 18.5. The molecule has 144 valence electrons. The second kappa shape index (κ2) is 8.32. The Morgan fingerprint density at radius 3 is 1.44 bits per heavy atom. The van der Waals surface area contributed by atoms with Crippen molar-refractivity contribution in [3.63, 3.8) is 0 Å². The summed E-state index contributed by atoms with van der Waals surface area (Å²) in [6.45, 7) is 6.27. The summed E-state index contributed by atoms with van der Waals surface area (Å²) in [4.78, 5) is 0. The molecule has 27 heavy (non-hydrogen) atoms. The van der Waals surface area contributed by atoms with E-state index in [4.69, 9.17) is 9.47 Å². The number of nitrogens with one attached hydrogen (secondary N) is 2. The maximum Gasteiger partial charge on any atom is 0.0829 e. The van der Waals surface area contributed by atoms with Crippen molar-refractivity contribution < 1.29 is 9.47 Å². The Balaban J connectivity index is 1.26. The van der Waals surface area contributed by atoms with E-state index in [-0.39, 0.29) is 0 Å². The fraction of sp³-hybridized carbons (Fsp3) is 0.478. The van der Waals surface area contributed by atoms with Gasteiger partial charge in [0.2, 0.25) is 0 Å². The van der Waals surface area contributed by atoms with Crippen LogP contribution in [0, 0.1) is 0 Å². The quantitative estimate of drug-likeness (QED) is 0.610. The van der Waals surface area contributed by atoms with Crippen LogP contribution in [0.1, 0.15) is 37.8 Å². The van der Waals surface area contributed by atoms with Gasteiger partial charge in [-0.05, 0) is 68.5 Å². The second-order valence-electron chi connectivity index (χ2n) is 8.04. The molecule has 2 aromatic carbocycles. The zero-order valence-electron chi connectivity index (χ0n) is 16.3. The Hall–Kier alpha value is -2.04. The van der Waals surface area contributed by atoms with Gasteiger partial charge in [0, 0.05) is 23.5 Å². The molecular formula is C23H30N2O2. The van der Waals surface area contributed by atoms with Gasteiger partial charge in [-0.15, -0.1) is 0 Å². The summed E-state index contributed by atoms with van der Waals surface area (Å²) in [7, 11) is 0. The zero-order chi connectivity index (χ0) is 18.6. The van der Waals surface area contributed by atoms with Crippen molar-refractivity contribution in [1.29, 1.82) is 0 Å². The summed E-state index contributed by atoms with van der Waals surface area (Å²) in [5, 5.41) is 7.10. The monoisotopic (exact) mass is 366 g/mol. The normalized spacial score (nSPS) is 22.7. The van der Waals surface area contributed by atoms with Gasteiger partial charge in [-0.25, -0.2) is 0 Å². The average molecular weight is 367 g/mol. The van der Waals surface area contributed by atoms with Crippen LogP contribution < -0.4 is 10.6 Å².